The van der Waals surface area contributed by atoms with Crippen molar-refractivity contribution >= 4 is 53.2 Å². The first-order valence-electron chi connectivity index (χ1n) is 6.30. The second-order valence-corrected chi connectivity index (χ2v) is 10.0. The van der Waals surface area contributed by atoms with E-state index < -0.39 is 10.0 Å². The Kier molecular flexibility index (Phi) is 5.50. The van der Waals surface area contributed by atoms with Crippen LogP contribution in [0.1, 0.15) is 31.2 Å². The first-order valence-corrected chi connectivity index (χ1v) is 10.5. The van der Waals surface area contributed by atoms with Crippen LogP contribution in [0.15, 0.2) is 14.1 Å². The minimum atomic E-state index is -3.33. The van der Waals surface area contributed by atoms with Gasteiger partial charge in [0.2, 0.25) is 0 Å². The van der Waals surface area contributed by atoms with E-state index in [1.165, 1.54) is 11.3 Å². The van der Waals surface area contributed by atoms with Crippen molar-refractivity contribution in [3.8, 4) is 0 Å². The average Bonchev–Trinajstić information content (AvgIpc) is 2.63. The molecule has 0 radical (unpaired) electrons. The molecule has 7 heteroatoms. The van der Waals surface area contributed by atoms with Gasteiger partial charge in [0.1, 0.15) is 4.21 Å². The summed E-state index contributed by atoms with van der Waals surface area (Å²) >= 11 is 8.10. The van der Waals surface area contributed by atoms with Crippen molar-refractivity contribution in [2.45, 2.75) is 42.9 Å². The molecule has 1 aromatic heterocycles. The molecule has 0 N–H and O–H groups in total. The normalized spacial score (nSPS) is 16.8. The second kappa shape index (κ2) is 6.56. The summed E-state index contributed by atoms with van der Waals surface area (Å²) in [4.78, 5) is 0. The van der Waals surface area contributed by atoms with Crippen molar-refractivity contribution < 1.29 is 8.42 Å². The van der Waals surface area contributed by atoms with E-state index in [4.69, 9.17) is 0 Å². The Bertz CT molecular complexity index is 518. The lowest BCUT2D eigenvalue weighted by Crippen LogP contribution is -2.44. The smallest absolute Gasteiger partial charge is 0.206 e. The molecule has 1 saturated carbocycles. The van der Waals surface area contributed by atoms with Crippen LogP contribution in [0.25, 0.3) is 0 Å². The Morgan fingerprint density at radius 3 is 2.58 bits per heavy atom. The third-order valence-electron chi connectivity index (χ3n) is 3.39. The van der Waals surface area contributed by atoms with E-state index in [1.54, 1.807) is 10.4 Å². The monoisotopic (exact) mass is 429 g/mol. The standard InChI is InChI=1S/C12H17Br2NO2S2/c1-9-8-11(18-12(9)14)19(16,17)15(7-3-6-13)10-4-2-5-10/h8,10H,2-7H2,1H3. The van der Waals surface area contributed by atoms with Crippen molar-refractivity contribution in [2.24, 2.45) is 0 Å². The average molecular weight is 431 g/mol. The first-order chi connectivity index (χ1) is 8.96. The molecule has 0 aliphatic heterocycles. The second-order valence-electron chi connectivity index (χ2n) is 4.77. The van der Waals surface area contributed by atoms with E-state index >= 15 is 0 Å². The number of rotatable bonds is 6. The Labute approximate surface area is 135 Å². The molecule has 1 aromatic rings. The number of alkyl halides is 1. The zero-order chi connectivity index (χ0) is 14.0. The minimum absolute atomic E-state index is 0.199. The molecular formula is C12H17Br2NO2S2. The quantitative estimate of drug-likeness (QED) is 0.635. The van der Waals surface area contributed by atoms with Crippen LogP contribution in [0.5, 0.6) is 0 Å². The van der Waals surface area contributed by atoms with E-state index in [9.17, 15) is 8.42 Å². The maximum absolute atomic E-state index is 12.7. The highest BCUT2D eigenvalue weighted by Gasteiger charge is 2.35. The maximum Gasteiger partial charge on any atom is 0.252 e. The molecule has 3 nitrogen and oxygen atoms in total. The molecule has 0 spiro atoms. The number of hydrogen-bond donors (Lipinski definition) is 0. The molecular weight excluding hydrogens is 414 g/mol. The summed E-state index contributed by atoms with van der Waals surface area (Å²) in [5.74, 6) is 0. The van der Waals surface area contributed by atoms with Gasteiger partial charge >= 0.3 is 0 Å². The Hall–Kier alpha value is 0.570. The third kappa shape index (κ3) is 3.43. The van der Waals surface area contributed by atoms with Crippen LogP contribution in [0.3, 0.4) is 0 Å². The van der Waals surface area contributed by atoms with Gasteiger partial charge in [-0.25, -0.2) is 8.42 Å². The molecule has 108 valence electrons. The van der Waals surface area contributed by atoms with Crippen molar-refractivity contribution in [2.75, 3.05) is 11.9 Å². The molecule has 0 unspecified atom stereocenters. The van der Waals surface area contributed by atoms with Crippen LogP contribution in [0.4, 0.5) is 0 Å². The molecule has 1 aliphatic rings. The summed E-state index contributed by atoms with van der Waals surface area (Å²) in [6.07, 6.45) is 3.97. The number of nitrogens with zero attached hydrogens (tertiary/aromatic N) is 1. The lowest BCUT2D eigenvalue weighted by Gasteiger charge is -2.36. The predicted octanol–water partition coefficient (Wildman–Crippen LogP) is 4.15. The van der Waals surface area contributed by atoms with Crippen molar-refractivity contribution in [1.29, 1.82) is 0 Å². The van der Waals surface area contributed by atoms with E-state index in [0.717, 1.165) is 40.4 Å². The summed E-state index contributed by atoms with van der Waals surface area (Å²) in [6.45, 7) is 2.53. The summed E-state index contributed by atoms with van der Waals surface area (Å²) in [5, 5.41) is 0.832. The number of halogens is 2. The zero-order valence-electron chi connectivity index (χ0n) is 10.7. The summed E-state index contributed by atoms with van der Waals surface area (Å²) in [6, 6.07) is 1.97. The molecule has 0 saturated heterocycles. The summed E-state index contributed by atoms with van der Waals surface area (Å²) in [7, 11) is -3.33. The molecule has 1 heterocycles. The van der Waals surface area contributed by atoms with Crippen molar-refractivity contribution in [3.05, 3.63) is 15.4 Å². The van der Waals surface area contributed by atoms with E-state index in [-0.39, 0.29) is 6.04 Å². The Morgan fingerprint density at radius 1 is 1.47 bits per heavy atom. The van der Waals surface area contributed by atoms with Crippen LogP contribution in [-0.2, 0) is 10.0 Å². The maximum atomic E-state index is 12.7. The lowest BCUT2D eigenvalue weighted by atomic mass is 9.93. The van der Waals surface area contributed by atoms with Gasteiger partial charge in [-0.15, -0.1) is 11.3 Å². The largest absolute Gasteiger partial charge is 0.252 e. The highest BCUT2D eigenvalue weighted by Crippen LogP contribution is 2.36. The highest BCUT2D eigenvalue weighted by molar-refractivity contribution is 9.11. The summed E-state index contributed by atoms with van der Waals surface area (Å²) < 4.78 is 28.5. The lowest BCUT2D eigenvalue weighted by molar-refractivity contribution is 0.220. The van der Waals surface area contributed by atoms with Crippen LogP contribution in [0.2, 0.25) is 0 Å². The van der Waals surface area contributed by atoms with Crippen LogP contribution < -0.4 is 0 Å². The predicted molar refractivity (Wildman–Crippen MR) is 86.7 cm³/mol. The zero-order valence-corrected chi connectivity index (χ0v) is 15.5. The van der Waals surface area contributed by atoms with Crippen LogP contribution in [0, 0.1) is 6.92 Å². The Balaban J connectivity index is 2.27. The SMILES string of the molecule is Cc1cc(S(=O)(=O)N(CCCBr)C2CCC2)sc1Br. The van der Waals surface area contributed by atoms with E-state index in [2.05, 4.69) is 31.9 Å². The molecule has 2 rings (SSSR count). The molecule has 0 bridgehead atoms. The Morgan fingerprint density at radius 2 is 2.16 bits per heavy atom. The number of sulfonamides is 1. The van der Waals surface area contributed by atoms with E-state index in [1.807, 2.05) is 6.92 Å². The highest BCUT2D eigenvalue weighted by atomic mass is 79.9. The molecule has 0 aromatic carbocycles. The molecule has 1 aliphatic carbocycles. The van der Waals surface area contributed by atoms with Crippen LogP contribution in [-0.4, -0.2) is 30.6 Å². The van der Waals surface area contributed by atoms with E-state index in [0.29, 0.717) is 10.8 Å². The molecule has 0 amide bonds. The first kappa shape index (κ1) is 15.9. The minimum Gasteiger partial charge on any atom is -0.206 e. The van der Waals surface area contributed by atoms with Gasteiger partial charge in [-0.2, -0.15) is 4.31 Å². The topological polar surface area (TPSA) is 37.4 Å². The van der Waals surface area contributed by atoms with Gasteiger partial charge in [-0.1, -0.05) is 22.4 Å². The van der Waals surface area contributed by atoms with Gasteiger partial charge in [0.05, 0.1) is 3.79 Å². The van der Waals surface area contributed by atoms with Gasteiger partial charge in [0.25, 0.3) is 10.0 Å². The number of hydrogen-bond acceptors (Lipinski definition) is 3. The van der Waals surface area contributed by atoms with Gasteiger partial charge < -0.3 is 0 Å². The molecule has 1 fully saturated rings. The van der Waals surface area contributed by atoms with Crippen molar-refractivity contribution in [1.82, 2.24) is 4.31 Å². The molecule has 0 atom stereocenters. The summed E-state index contributed by atoms with van der Waals surface area (Å²) in [5.41, 5.74) is 0.984. The van der Waals surface area contributed by atoms with Gasteiger partial charge in [-0.05, 0) is 53.7 Å². The van der Waals surface area contributed by atoms with Crippen molar-refractivity contribution in [3.63, 3.8) is 0 Å². The van der Waals surface area contributed by atoms with Gasteiger partial charge in [-0.3, -0.25) is 0 Å². The van der Waals surface area contributed by atoms with Crippen LogP contribution >= 0.6 is 43.2 Å². The fourth-order valence-electron chi connectivity index (χ4n) is 2.06. The van der Waals surface area contributed by atoms with Gasteiger partial charge in [0.15, 0.2) is 0 Å². The molecule has 19 heavy (non-hydrogen) atoms. The number of aryl methyl sites for hydroxylation is 1. The van der Waals surface area contributed by atoms with Gasteiger partial charge in [0, 0.05) is 17.9 Å². The fraction of sp³-hybridized carbons (Fsp3) is 0.667. The fourth-order valence-corrected chi connectivity index (χ4v) is 6.39. The number of thiophene rings is 1. The third-order valence-corrected chi connectivity index (χ3v) is 8.49.